The number of hydrogen-bond acceptors (Lipinski definition) is 3. The molecule has 0 saturated heterocycles. The van der Waals surface area contributed by atoms with E-state index < -0.39 is 0 Å². The molecule has 0 aliphatic heterocycles. The zero-order valence-electron chi connectivity index (χ0n) is 16.6. The number of nitrogens with zero attached hydrogens (tertiary/aromatic N) is 4. The maximum absolute atomic E-state index is 13.2. The van der Waals surface area contributed by atoms with Crippen LogP contribution in [0.5, 0.6) is 0 Å². The molecule has 3 heterocycles. The quantitative estimate of drug-likeness (QED) is 0.426. The van der Waals surface area contributed by atoms with Crippen LogP contribution in [-0.4, -0.2) is 14.2 Å². The Morgan fingerprint density at radius 1 is 1.14 bits per heavy atom. The second-order valence-corrected chi connectivity index (χ2v) is 8.21. The van der Waals surface area contributed by atoms with Gasteiger partial charge in [0.2, 0.25) is 5.52 Å². The van der Waals surface area contributed by atoms with E-state index in [-0.39, 0.29) is 5.56 Å². The smallest absolute Gasteiger partial charge is 0.282 e. The van der Waals surface area contributed by atoms with Gasteiger partial charge in [-0.05, 0) is 37.6 Å². The first-order valence-corrected chi connectivity index (χ1v) is 10.5. The van der Waals surface area contributed by atoms with Crippen molar-refractivity contribution in [1.82, 2.24) is 14.2 Å². The lowest BCUT2D eigenvalue weighted by Gasteiger charge is -2.09. The second kappa shape index (κ2) is 6.67. The molecular weight excluding hydrogens is 380 g/mol. The number of aryl methyl sites for hydroxylation is 3. The summed E-state index contributed by atoms with van der Waals surface area (Å²) in [6.07, 6.45) is 4.16. The van der Waals surface area contributed by atoms with Gasteiger partial charge in [-0.25, -0.2) is 0 Å². The summed E-state index contributed by atoms with van der Waals surface area (Å²) < 4.78 is 7.09. The van der Waals surface area contributed by atoms with Gasteiger partial charge in [-0.15, -0.1) is 0 Å². The standard InChI is InChI=1S/C23H21N4OS/c1-4-26-17-9-5-6-11-19(17)29-21(26)13-12-16-8-7-10-18-22(16)23(28)27-20(25(18)3)14-15(2)24-27/h5-14H,4H2,1-3H3/q+1. The summed E-state index contributed by atoms with van der Waals surface area (Å²) in [7, 11) is 1.97. The molecule has 0 saturated carbocycles. The van der Waals surface area contributed by atoms with Gasteiger partial charge in [0.15, 0.2) is 0 Å². The zero-order valence-corrected chi connectivity index (χ0v) is 17.4. The Morgan fingerprint density at radius 2 is 1.97 bits per heavy atom. The largest absolute Gasteiger partial charge is 0.328 e. The number of thiazole rings is 1. The summed E-state index contributed by atoms with van der Waals surface area (Å²) in [5.74, 6) is 0. The molecule has 0 atom stereocenters. The summed E-state index contributed by atoms with van der Waals surface area (Å²) in [6.45, 7) is 4.96. The third-order valence-electron chi connectivity index (χ3n) is 5.36. The average Bonchev–Trinajstić information content (AvgIpc) is 3.30. The SMILES string of the molecule is CC[n+]1c(C=Cc2cccc3c2c(=O)n2nc(C)cc2n3C)sc2ccccc21. The van der Waals surface area contributed by atoms with Crippen LogP contribution < -0.4 is 10.1 Å². The van der Waals surface area contributed by atoms with Crippen molar-refractivity contribution in [3.8, 4) is 0 Å². The van der Waals surface area contributed by atoms with Gasteiger partial charge in [0.1, 0.15) is 16.9 Å². The summed E-state index contributed by atoms with van der Waals surface area (Å²) in [5.41, 5.74) is 4.60. The molecule has 6 heteroatoms. The van der Waals surface area contributed by atoms with Crippen molar-refractivity contribution in [3.63, 3.8) is 0 Å². The first kappa shape index (κ1) is 17.8. The van der Waals surface area contributed by atoms with Gasteiger partial charge in [-0.3, -0.25) is 4.79 Å². The number of benzene rings is 2. The van der Waals surface area contributed by atoms with Crippen LogP contribution in [0, 0.1) is 6.92 Å². The van der Waals surface area contributed by atoms with Crippen molar-refractivity contribution in [2.75, 3.05) is 0 Å². The second-order valence-electron chi connectivity index (χ2n) is 7.15. The summed E-state index contributed by atoms with van der Waals surface area (Å²) in [6, 6.07) is 16.3. The van der Waals surface area contributed by atoms with Gasteiger partial charge in [0, 0.05) is 25.3 Å². The van der Waals surface area contributed by atoms with Crippen molar-refractivity contribution in [2.24, 2.45) is 7.05 Å². The molecule has 0 fully saturated rings. The Balaban J connectivity index is 1.73. The van der Waals surface area contributed by atoms with Gasteiger partial charge < -0.3 is 4.57 Å². The highest BCUT2D eigenvalue weighted by molar-refractivity contribution is 7.18. The van der Waals surface area contributed by atoms with Gasteiger partial charge >= 0.3 is 0 Å². The fraction of sp³-hybridized carbons (Fsp3) is 0.174. The normalized spacial score (nSPS) is 12.1. The van der Waals surface area contributed by atoms with E-state index in [0.29, 0.717) is 5.39 Å². The molecule has 29 heavy (non-hydrogen) atoms. The lowest BCUT2D eigenvalue weighted by Crippen LogP contribution is -2.33. The van der Waals surface area contributed by atoms with E-state index in [4.69, 9.17) is 0 Å². The molecule has 5 rings (SSSR count). The van der Waals surface area contributed by atoms with Gasteiger partial charge in [0.25, 0.3) is 10.6 Å². The van der Waals surface area contributed by atoms with Crippen LogP contribution in [0.4, 0.5) is 0 Å². The minimum atomic E-state index is -0.0823. The molecule has 0 N–H and O–H groups in total. The van der Waals surface area contributed by atoms with Crippen LogP contribution in [0.25, 0.3) is 38.9 Å². The van der Waals surface area contributed by atoms with E-state index in [1.165, 1.54) is 19.7 Å². The first-order chi connectivity index (χ1) is 14.1. The fourth-order valence-corrected chi connectivity index (χ4v) is 5.11. The van der Waals surface area contributed by atoms with Crippen LogP contribution in [0.2, 0.25) is 0 Å². The molecule has 0 amide bonds. The van der Waals surface area contributed by atoms with E-state index in [1.807, 2.05) is 48.9 Å². The van der Waals surface area contributed by atoms with Crippen molar-refractivity contribution in [3.05, 3.63) is 75.1 Å². The Bertz CT molecular complexity index is 1490. The monoisotopic (exact) mass is 401 g/mol. The molecule has 0 bridgehead atoms. The first-order valence-electron chi connectivity index (χ1n) is 9.66. The molecule has 5 aromatic rings. The number of para-hydroxylation sites is 1. The summed E-state index contributed by atoms with van der Waals surface area (Å²) >= 11 is 1.76. The topological polar surface area (TPSA) is 43.2 Å². The van der Waals surface area contributed by atoms with Crippen LogP contribution in [0.1, 0.15) is 23.2 Å². The number of fused-ring (bicyclic) bond motifs is 3. The van der Waals surface area contributed by atoms with Gasteiger partial charge in [-0.1, -0.05) is 35.6 Å². The predicted octanol–water partition coefficient (Wildman–Crippen LogP) is 4.19. The van der Waals surface area contributed by atoms with Crippen LogP contribution in [0.3, 0.4) is 0 Å². The molecule has 5 nitrogen and oxygen atoms in total. The van der Waals surface area contributed by atoms with Gasteiger partial charge in [-0.2, -0.15) is 14.2 Å². The third-order valence-corrected chi connectivity index (χ3v) is 6.49. The van der Waals surface area contributed by atoms with Crippen molar-refractivity contribution >= 4 is 50.3 Å². The van der Waals surface area contributed by atoms with E-state index >= 15 is 0 Å². The highest BCUT2D eigenvalue weighted by atomic mass is 32.1. The van der Waals surface area contributed by atoms with Crippen LogP contribution in [-0.2, 0) is 13.6 Å². The molecule has 0 aliphatic carbocycles. The lowest BCUT2D eigenvalue weighted by molar-refractivity contribution is -0.665. The Kier molecular flexibility index (Phi) is 4.10. The molecule has 0 aliphatic rings. The maximum atomic E-state index is 13.2. The Labute approximate surface area is 171 Å². The van der Waals surface area contributed by atoms with Crippen molar-refractivity contribution in [1.29, 1.82) is 0 Å². The fourth-order valence-electron chi connectivity index (χ4n) is 3.98. The third kappa shape index (κ3) is 2.71. The lowest BCUT2D eigenvalue weighted by atomic mass is 10.1. The van der Waals surface area contributed by atoms with Gasteiger partial charge in [0.05, 0.1) is 16.6 Å². The minimum Gasteiger partial charge on any atom is -0.328 e. The van der Waals surface area contributed by atoms with E-state index in [2.05, 4.69) is 46.9 Å². The molecule has 2 aromatic carbocycles. The van der Waals surface area contributed by atoms with E-state index in [9.17, 15) is 4.79 Å². The summed E-state index contributed by atoms with van der Waals surface area (Å²) in [4.78, 5) is 13.2. The van der Waals surface area contributed by atoms with E-state index in [0.717, 1.165) is 29.0 Å². The minimum absolute atomic E-state index is 0.0823. The molecule has 0 spiro atoms. The summed E-state index contributed by atoms with van der Waals surface area (Å²) in [5, 5.41) is 6.25. The molecule has 0 unspecified atom stereocenters. The highest BCUT2D eigenvalue weighted by Gasteiger charge is 2.17. The number of aromatic nitrogens is 4. The average molecular weight is 402 g/mol. The number of hydrogen-bond donors (Lipinski definition) is 0. The van der Waals surface area contributed by atoms with Crippen LogP contribution in [0.15, 0.2) is 53.3 Å². The molecule has 0 radical (unpaired) electrons. The van der Waals surface area contributed by atoms with E-state index in [1.54, 1.807) is 11.3 Å². The molecular formula is C23H21N4OS+. The maximum Gasteiger partial charge on any atom is 0.282 e. The Hall–Kier alpha value is -3.25. The molecule has 3 aromatic heterocycles. The Morgan fingerprint density at radius 3 is 2.79 bits per heavy atom. The van der Waals surface area contributed by atoms with Crippen molar-refractivity contribution < 1.29 is 4.57 Å². The number of rotatable bonds is 3. The zero-order chi connectivity index (χ0) is 20.1. The van der Waals surface area contributed by atoms with Crippen molar-refractivity contribution in [2.45, 2.75) is 20.4 Å². The molecule has 144 valence electrons. The predicted molar refractivity (Wildman–Crippen MR) is 119 cm³/mol. The van der Waals surface area contributed by atoms with Crippen LogP contribution >= 0.6 is 11.3 Å². The highest BCUT2D eigenvalue weighted by Crippen LogP contribution is 2.24.